The molecule has 2 saturated heterocycles. The van der Waals surface area contributed by atoms with Gasteiger partial charge in [-0.15, -0.1) is 10.2 Å². The van der Waals surface area contributed by atoms with E-state index < -0.39 is 0 Å². The largest absolute Gasteiger partial charge is 0.420 e. The molecule has 3 rings (SSSR count). The third-order valence-corrected chi connectivity index (χ3v) is 3.47. The number of rotatable bonds is 2. The molecule has 1 N–H and O–H groups in total. The molecule has 2 aliphatic rings. The van der Waals surface area contributed by atoms with Crippen LogP contribution in [0.5, 0.6) is 0 Å². The number of aromatic nitrogens is 2. The van der Waals surface area contributed by atoms with Crippen molar-refractivity contribution in [2.45, 2.75) is 44.2 Å². The third kappa shape index (κ3) is 1.64. The molecule has 0 saturated carbocycles. The first kappa shape index (κ1) is 10.2. The molecule has 3 heterocycles. The summed E-state index contributed by atoms with van der Waals surface area (Å²) in [6.45, 7) is 3.85. The van der Waals surface area contributed by atoms with Crippen LogP contribution in [0.3, 0.4) is 0 Å². The number of hydrogen-bond donors (Lipinski definition) is 1. The lowest BCUT2D eigenvalue weighted by Gasteiger charge is -2.17. The molecule has 0 bridgehead atoms. The molecule has 88 valence electrons. The predicted molar refractivity (Wildman–Crippen MR) is 56.8 cm³/mol. The molecule has 1 aromatic heterocycles. The second-order valence-corrected chi connectivity index (χ2v) is 4.78. The smallest absolute Gasteiger partial charge is 0.248 e. The van der Waals surface area contributed by atoms with E-state index in [9.17, 15) is 0 Å². The lowest BCUT2D eigenvalue weighted by molar-refractivity contribution is -0.00644. The second kappa shape index (κ2) is 3.82. The molecular formula is C11H17N3O2. The fraction of sp³-hybridized carbons (Fsp3) is 0.818. The van der Waals surface area contributed by atoms with Crippen molar-refractivity contribution in [3.63, 3.8) is 0 Å². The Morgan fingerprint density at radius 1 is 1.38 bits per heavy atom. The second-order valence-electron chi connectivity index (χ2n) is 4.78. The fourth-order valence-electron chi connectivity index (χ4n) is 2.43. The van der Waals surface area contributed by atoms with E-state index in [0.29, 0.717) is 11.8 Å². The van der Waals surface area contributed by atoms with Crippen LogP contribution < -0.4 is 5.32 Å². The van der Waals surface area contributed by atoms with Crippen molar-refractivity contribution in [1.29, 1.82) is 0 Å². The van der Waals surface area contributed by atoms with Gasteiger partial charge in [-0.3, -0.25) is 0 Å². The summed E-state index contributed by atoms with van der Waals surface area (Å²) < 4.78 is 11.4. The Balaban J connectivity index is 1.81. The van der Waals surface area contributed by atoms with E-state index in [1.807, 2.05) is 6.92 Å². The predicted octanol–water partition coefficient (Wildman–Crippen LogP) is 1.52. The van der Waals surface area contributed by atoms with Crippen LogP contribution in [0, 0.1) is 0 Å². The van der Waals surface area contributed by atoms with Crippen molar-refractivity contribution in [3.05, 3.63) is 11.8 Å². The highest BCUT2D eigenvalue weighted by atomic mass is 16.5. The minimum absolute atomic E-state index is 0.242. The number of nitrogens with zero attached hydrogens (tertiary/aromatic N) is 2. The summed E-state index contributed by atoms with van der Waals surface area (Å²) in [5.41, 5.74) is -0.357. The van der Waals surface area contributed by atoms with Crippen LogP contribution in [0.2, 0.25) is 0 Å². The Bertz CT molecular complexity index is 365. The van der Waals surface area contributed by atoms with Gasteiger partial charge >= 0.3 is 0 Å². The van der Waals surface area contributed by atoms with Gasteiger partial charge in [0, 0.05) is 6.61 Å². The molecule has 0 spiro atoms. The van der Waals surface area contributed by atoms with Crippen LogP contribution in [0.25, 0.3) is 0 Å². The topological polar surface area (TPSA) is 60.2 Å². The van der Waals surface area contributed by atoms with Gasteiger partial charge in [0.15, 0.2) is 0 Å². The average Bonchev–Trinajstić information content (AvgIpc) is 2.98. The number of nitrogens with one attached hydrogen (secondary N) is 1. The molecule has 2 fully saturated rings. The average molecular weight is 223 g/mol. The molecule has 0 aliphatic carbocycles. The molecule has 5 heteroatoms. The van der Waals surface area contributed by atoms with E-state index in [4.69, 9.17) is 9.15 Å². The van der Waals surface area contributed by atoms with E-state index in [2.05, 4.69) is 15.5 Å². The molecule has 16 heavy (non-hydrogen) atoms. The monoisotopic (exact) mass is 223 g/mol. The number of ether oxygens (including phenoxy) is 1. The van der Waals surface area contributed by atoms with Crippen LogP contribution in [-0.4, -0.2) is 23.3 Å². The zero-order valence-corrected chi connectivity index (χ0v) is 9.53. The van der Waals surface area contributed by atoms with Crippen LogP contribution in [0.15, 0.2) is 4.42 Å². The molecule has 2 aliphatic heterocycles. The van der Waals surface area contributed by atoms with Gasteiger partial charge < -0.3 is 14.5 Å². The lowest BCUT2D eigenvalue weighted by atomic mass is 10.0. The molecular weight excluding hydrogens is 206 g/mol. The molecule has 5 nitrogen and oxygen atoms in total. The van der Waals surface area contributed by atoms with Crippen LogP contribution in [0.1, 0.15) is 50.4 Å². The number of hydrogen-bond acceptors (Lipinski definition) is 5. The Hall–Kier alpha value is -0.940. The molecule has 2 unspecified atom stereocenters. The van der Waals surface area contributed by atoms with E-state index in [-0.39, 0.29) is 11.6 Å². The standard InChI is InChI=1S/C11H17N3O2/c1-11(5-3-7-15-11)10-14-13-9(16-10)8-4-2-6-12-8/h8,12H,2-7H2,1H3. The highest BCUT2D eigenvalue weighted by molar-refractivity contribution is 5.00. The van der Waals surface area contributed by atoms with Crippen molar-refractivity contribution >= 4 is 0 Å². The lowest BCUT2D eigenvalue weighted by Crippen LogP contribution is -2.20. The Morgan fingerprint density at radius 3 is 3.00 bits per heavy atom. The summed E-state index contributed by atoms with van der Waals surface area (Å²) in [6.07, 6.45) is 4.29. The van der Waals surface area contributed by atoms with Gasteiger partial charge in [-0.05, 0) is 39.2 Å². The summed E-state index contributed by atoms with van der Waals surface area (Å²) in [6, 6.07) is 0.242. The minimum Gasteiger partial charge on any atom is -0.420 e. The van der Waals surface area contributed by atoms with Gasteiger partial charge in [-0.1, -0.05) is 0 Å². The Labute approximate surface area is 94.6 Å². The highest BCUT2D eigenvalue weighted by Crippen LogP contribution is 2.35. The van der Waals surface area contributed by atoms with Crippen LogP contribution in [-0.2, 0) is 10.3 Å². The molecule has 2 atom stereocenters. The molecule has 0 amide bonds. The fourth-order valence-corrected chi connectivity index (χ4v) is 2.43. The van der Waals surface area contributed by atoms with Crippen molar-refractivity contribution < 1.29 is 9.15 Å². The Kier molecular flexibility index (Phi) is 2.44. The Morgan fingerprint density at radius 2 is 2.31 bits per heavy atom. The first-order chi connectivity index (χ1) is 7.78. The summed E-state index contributed by atoms with van der Waals surface area (Å²) in [5, 5.41) is 11.6. The van der Waals surface area contributed by atoms with Gasteiger partial charge in [0.05, 0.1) is 6.04 Å². The zero-order chi connectivity index (χ0) is 11.0. The first-order valence-electron chi connectivity index (χ1n) is 5.99. The van der Waals surface area contributed by atoms with Crippen molar-refractivity contribution in [2.75, 3.05) is 13.2 Å². The van der Waals surface area contributed by atoms with E-state index in [1.165, 1.54) is 6.42 Å². The highest BCUT2D eigenvalue weighted by Gasteiger charge is 2.38. The first-order valence-corrected chi connectivity index (χ1v) is 5.99. The maximum Gasteiger partial charge on any atom is 0.248 e. The molecule has 0 radical (unpaired) electrons. The zero-order valence-electron chi connectivity index (χ0n) is 9.53. The summed E-state index contributed by atoms with van der Waals surface area (Å²) >= 11 is 0. The quantitative estimate of drug-likeness (QED) is 0.823. The van der Waals surface area contributed by atoms with Crippen LogP contribution in [0.4, 0.5) is 0 Å². The SMILES string of the molecule is CC1(c2nnc(C3CCCN3)o2)CCCO1. The minimum atomic E-state index is -0.357. The van der Waals surface area contributed by atoms with Crippen LogP contribution >= 0.6 is 0 Å². The summed E-state index contributed by atoms with van der Waals surface area (Å²) in [7, 11) is 0. The van der Waals surface area contributed by atoms with Gasteiger partial charge in [0.1, 0.15) is 5.60 Å². The maximum absolute atomic E-state index is 5.74. The summed E-state index contributed by atoms with van der Waals surface area (Å²) in [4.78, 5) is 0. The van der Waals surface area contributed by atoms with Crippen molar-refractivity contribution in [3.8, 4) is 0 Å². The van der Waals surface area contributed by atoms with Gasteiger partial charge in [-0.2, -0.15) is 0 Å². The van der Waals surface area contributed by atoms with Crippen molar-refractivity contribution in [1.82, 2.24) is 15.5 Å². The molecule has 0 aromatic carbocycles. The third-order valence-electron chi connectivity index (χ3n) is 3.47. The van der Waals surface area contributed by atoms with E-state index in [1.54, 1.807) is 0 Å². The van der Waals surface area contributed by atoms with Gasteiger partial charge in [0.25, 0.3) is 0 Å². The normalized spacial score (nSPS) is 34.7. The maximum atomic E-state index is 5.74. The summed E-state index contributed by atoms with van der Waals surface area (Å²) in [5.74, 6) is 1.35. The van der Waals surface area contributed by atoms with Crippen molar-refractivity contribution in [2.24, 2.45) is 0 Å². The molecule has 1 aromatic rings. The van der Waals surface area contributed by atoms with Gasteiger partial charge in [-0.25, -0.2) is 0 Å². The van der Waals surface area contributed by atoms with E-state index >= 15 is 0 Å². The van der Waals surface area contributed by atoms with E-state index in [0.717, 1.165) is 32.4 Å². The van der Waals surface area contributed by atoms with Gasteiger partial charge in [0.2, 0.25) is 11.8 Å².